The maximum atomic E-state index is 10.7. The van der Waals surface area contributed by atoms with Crippen LogP contribution in [0.15, 0.2) is 46.9 Å². The molecule has 0 heterocycles. The van der Waals surface area contributed by atoms with Gasteiger partial charge < -0.3 is 5.11 Å². The summed E-state index contributed by atoms with van der Waals surface area (Å²) in [6.07, 6.45) is 0.449. The minimum absolute atomic E-state index is 0.0106. The number of hydrogen-bond acceptors (Lipinski definition) is 1. The van der Waals surface area contributed by atoms with E-state index in [0.717, 1.165) is 10.9 Å². The van der Waals surface area contributed by atoms with Crippen LogP contribution in [-0.2, 0) is 5.41 Å². The monoisotopic (exact) mass is 344 g/mol. The molecule has 0 spiro atoms. The molecule has 1 nitrogen and oxygen atoms in total. The van der Waals surface area contributed by atoms with Crippen molar-refractivity contribution in [3.8, 4) is 0 Å². The fourth-order valence-electron chi connectivity index (χ4n) is 3.54. The normalized spacial score (nSPS) is 23.7. The first-order valence-corrected chi connectivity index (χ1v) is 8.22. The minimum atomic E-state index is -0.343. The molecule has 0 saturated carbocycles. The van der Waals surface area contributed by atoms with Crippen molar-refractivity contribution >= 4 is 15.9 Å². The summed E-state index contributed by atoms with van der Waals surface area (Å²) in [6, 6.07) is 15.0. The molecule has 110 valence electrons. The van der Waals surface area contributed by atoms with Crippen LogP contribution in [0.4, 0.5) is 0 Å². The third kappa shape index (κ3) is 2.67. The molecule has 0 aromatic heterocycles. The molecule has 0 aliphatic heterocycles. The summed E-state index contributed by atoms with van der Waals surface area (Å²) in [4.78, 5) is 0. The SMILES string of the molecule is Cc1ccc(C2c3cc(Br)ccc3C(C)(C)CC2O)cc1. The fourth-order valence-corrected chi connectivity index (χ4v) is 3.92. The number of halogens is 1. The molecule has 2 heteroatoms. The molecule has 21 heavy (non-hydrogen) atoms. The molecular formula is C19H21BrO. The van der Waals surface area contributed by atoms with Crippen LogP contribution in [0.1, 0.15) is 48.4 Å². The van der Waals surface area contributed by atoms with Gasteiger partial charge in [-0.1, -0.05) is 65.7 Å². The largest absolute Gasteiger partial charge is 0.392 e. The Balaban J connectivity index is 2.17. The van der Waals surface area contributed by atoms with Gasteiger partial charge in [-0.25, -0.2) is 0 Å². The number of aliphatic hydroxyl groups excluding tert-OH is 1. The summed E-state index contributed by atoms with van der Waals surface area (Å²) < 4.78 is 1.07. The average molecular weight is 345 g/mol. The highest BCUT2D eigenvalue weighted by atomic mass is 79.9. The standard InChI is InChI=1S/C19H21BrO/c1-12-4-6-13(7-5-12)18-15-10-14(20)8-9-16(15)19(2,3)11-17(18)21/h4-10,17-18,21H,11H2,1-3H3. The van der Waals surface area contributed by atoms with Gasteiger partial charge in [-0.3, -0.25) is 0 Å². The van der Waals surface area contributed by atoms with E-state index in [1.807, 2.05) is 0 Å². The van der Waals surface area contributed by atoms with E-state index in [4.69, 9.17) is 0 Å². The van der Waals surface area contributed by atoms with Gasteiger partial charge in [0.05, 0.1) is 6.10 Å². The Morgan fingerprint density at radius 2 is 1.76 bits per heavy atom. The third-order valence-corrected chi connectivity index (χ3v) is 5.11. The lowest BCUT2D eigenvalue weighted by atomic mass is 9.66. The number of aliphatic hydroxyl groups is 1. The Bertz CT molecular complexity index is 658. The zero-order chi connectivity index (χ0) is 15.2. The van der Waals surface area contributed by atoms with E-state index in [9.17, 15) is 5.11 Å². The molecule has 0 bridgehead atoms. The quantitative estimate of drug-likeness (QED) is 0.777. The van der Waals surface area contributed by atoms with Crippen LogP contribution >= 0.6 is 15.9 Å². The van der Waals surface area contributed by atoms with Crippen molar-refractivity contribution < 1.29 is 5.11 Å². The highest BCUT2D eigenvalue weighted by Gasteiger charge is 2.39. The van der Waals surface area contributed by atoms with E-state index in [-0.39, 0.29) is 17.4 Å². The predicted octanol–water partition coefficient (Wildman–Crippen LogP) is 4.93. The molecule has 1 N–H and O–H groups in total. The Kier molecular flexibility index (Phi) is 3.71. The van der Waals surface area contributed by atoms with E-state index in [1.54, 1.807) is 0 Å². The maximum absolute atomic E-state index is 10.7. The number of aryl methyl sites for hydroxylation is 1. The van der Waals surface area contributed by atoms with Crippen molar-refractivity contribution in [2.45, 2.75) is 44.6 Å². The molecule has 2 atom stereocenters. The highest BCUT2D eigenvalue weighted by Crippen LogP contribution is 2.46. The van der Waals surface area contributed by atoms with Gasteiger partial charge in [0.1, 0.15) is 0 Å². The minimum Gasteiger partial charge on any atom is -0.392 e. The van der Waals surface area contributed by atoms with E-state index < -0.39 is 0 Å². The van der Waals surface area contributed by atoms with Gasteiger partial charge in [0, 0.05) is 10.4 Å². The number of rotatable bonds is 1. The van der Waals surface area contributed by atoms with Crippen LogP contribution in [0.25, 0.3) is 0 Å². The average Bonchev–Trinajstić information content (AvgIpc) is 2.39. The molecule has 2 aromatic rings. The first-order chi connectivity index (χ1) is 9.88. The number of benzene rings is 2. The zero-order valence-electron chi connectivity index (χ0n) is 12.7. The van der Waals surface area contributed by atoms with Crippen LogP contribution in [0.5, 0.6) is 0 Å². The van der Waals surface area contributed by atoms with Crippen LogP contribution in [0.2, 0.25) is 0 Å². The van der Waals surface area contributed by atoms with Crippen molar-refractivity contribution in [3.05, 3.63) is 69.2 Å². The summed E-state index contributed by atoms with van der Waals surface area (Å²) in [5.74, 6) is 0.0612. The van der Waals surface area contributed by atoms with Gasteiger partial charge in [-0.05, 0) is 47.6 Å². The van der Waals surface area contributed by atoms with E-state index in [0.29, 0.717) is 0 Å². The van der Waals surface area contributed by atoms with E-state index in [1.165, 1.54) is 22.3 Å². The summed E-state index contributed by atoms with van der Waals surface area (Å²) in [6.45, 7) is 6.53. The molecule has 2 unspecified atom stereocenters. The molecule has 0 radical (unpaired) electrons. The second kappa shape index (κ2) is 5.26. The van der Waals surface area contributed by atoms with Crippen molar-refractivity contribution in [1.82, 2.24) is 0 Å². The Hall–Kier alpha value is -1.12. The molecule has 0 fully saturated rings. The molecule has 2 aromatic carbocycles. The molecular weight excluding hydrogens is 324 g/mol. The van der Waals surface area contributed by atoms with Gasteiger partial charge >= 0.3 is 0 Å². The van der Waals surface area contributed by atoms with Crippen LogP contribution in [0, 0.1) is 6.92 Å². The first kappa shape index (κ1) is 14.8. The number of hydrogen-bond donors (Lipinski definition) is 1. The maximum Gasteiger partial charge on any atom is 0.0657 e. The summed E-state index contributed by atoms with van der Waals surface area (Å²) in [7, 11) is 0. The summed E-state index contributed by atoms with van der Waals surface area (Å²) >= 11 is 3.58. The lowest BCUT2D eigenvalue weighted by Gasteiger charge is -2.41. The van der Waals surface area contributed by atoms with Gasteiger partial charge in [0.2, 0.25) is 0 Å². The second-order valence-corrected chi connectivity index (χ2v) is 7.69. The van der Waals surface area contributed by atoms with Crippen LogP contribution in [-0.4, -0.2) is 11.2 Å². The topological polar surface area (TPSA) is 20.2 Å². The molecule has 3 rings (SSSR count). The summed E-state index contributed by atoms with van der Waals surface area (Å²) in [5.41, 5.74) is 5.05. The molecule has 1 aliphatic carbocycles. The highest BCUT2D eigenvalue weighted by molar-refractivity contribution is 9.10. The van der Waals surface area contributed by atoms with Crippen LogP contribution in [0.3, 0.4) is 0 Å². The second-order valence-electron chi connectivity index (χ2n) is 6.78. The van der Waals surface area contributed by atoms with Crippen LogP contribution < -0.4 is 0 Å². The van der Waals surface area contributed by atoms with Gasteiger partial charge in [-0.2, -0.15) is 0 Å². The fraction of sp³-hybridized carbons (Fsp3) is 0.368. The number of fused-ring (bicyclic) bond motifs is 1. The van der Waals surface area contributed by atoms with E-state index >= 15 is 0 Å². The zero-order valence-corrected chi connectivity index (χ0v) is 14.3. The molecule has 0 saturated heterocycles. The third-order valence-electron chi connectivity index (χ3n) is 4.62. The van der Waals surface area contributed by atoms with Gasteiger partial charge in [0.15, 0.2) is 0 Å². The Labute approximate surface area is 135 Å². The molecule has 1 aliphatic rings. The van der Waals surface area contributed by atoms with Gasteiger partial charge in [-0.15, -0.1) is 0 Å². The van der Waals surface area contributed by atoms with Crippen molar-refractivity contribution in [1.29, 1.82) is 0 Å². The predicted molar refractivity (Wildman–Crippen MR) is 90.8 cm³/mol. The Morgan fingerprint density at radius 3 is 2.43 bits per heavy atom. The lowest BCUT2D eigenvalue weighted by molar-refractivity contribution is 0.110. The first-order valence-electron chi connectivity index (χ1n) is 7.43. The van der Waals surface area contributed by atoms with Gasteiger partial charge in [0.25, 0.3) is 0 Å². The van der Waals surface area contributed by atoms with Crippen molar-refractivity contribution in [2.75, 3.05) is 0 Å². The lowest BCUT2D eigenvalue weighted by Crippen LogP contribution is -2.36. The van der Waals surface area contributed by atoms with Crippen molar-refractivity contribution in [2.24, 2.45) is 0 Å². The summed E-state index contributed by atoms with van der Waals surface area (Å²) in [5, 5.41) is 10.7. The molecule has 0 amide bonds. The van der Waals surface area contributed by atoms with Crippen molar-refractivity contribution in [3.63, 3.8) is 0 Å². The Morgan fingerprint density at radius 1 is 1.10 bits per heavy atom. The van der Waals surface area contributed by atoms with E-state index in [2.05, 4.69) is 79.2 Å². The smallest absolute Gasteiger partial charge is 0.0657 e.